The summed E-state index contributed by atoms with van der Waals surface area (Å²) in [5, 5.41) is 13.2. The van der Waals surface area contributed by atoms with Crippen LogP contribution in [-0.2, 0) is 4.74 Å². The average Bonchev–Trinajstić information content (AvgIpc) is 2.54. The van der Waals surface area contributed by atoms with Crippen molar-refractivity contribution >= 4 is 6.09 Å². The van der Waals surface area contributed by atoms with Crippen LogP contribution in [0.1, 0.15) is 53.4 Å². The highest BCUT2D eigenvalue weighted by Gasteiger charge is 2.39. The Morgan fingerprint density at radius 1 is 1.25 bits per heavy atom. The number of hydrogen-bond donors (Lipinski definition) is 1. The Kier molecular flexibility index (Phi) is 6.11. The van der Waals surface area contributed by atoms with Crippen molar-refractivity contribution in [3.05, 3.63) is 0 Å². The Balaban J connectivity index is 1.83. The zero-order valence-electron chi connectivity index (χ0n) is 15.6. The molecule has 2 saturated heterocycles. The van der Waals surface area contributed by atoms with Gasteiger partial charge in [0.2, 0.25) is 0 Å². The van der Waals surface area contributed by atoms with Crippen molar-refractivity contribution in [2.45, 2.75) is 70.5 Å². The van der Waals surface area contributed by atoms with Crippen LogP contribution in [0.4, 0.5) is 4.79 Å². The van der Waals surface area contributed by atoms with Crippen molar-refractivity contribution in [3.63, 3.8) is 0 Å². The lowest BCUT2D eigenvalue weighted by Crippen LogP contribution is -2.60. The summed E-state index contributed by atoms with van der Waals surface area (Å²) < 4.78 is 5.08. The minimum absolute atomic E-state index is 0.0527. The number of nitrogens with one attached hydrogen (secondary N) is 1. The van der Waals surface area contributed by atoms with Crippen LogP contribution in [-0.4, -0.2) is 65.8 Å². The van der Waals surface area contributed by atoms with Gasteiger partial charge in [0.25, 0.3) is 0 Å². The zero-order valence-corrected chi connectivity index (χ0v) is 15.6. The average molecular weight is 336 g/mol. The van der Waals surface area contributed by atoms with Gasteiger partial charge < -0.3 is 14.5 Å². The standard InChI is InChI=1S/C18H32N4O2/c1-5-24-16(23)22-10-6-15(7-11-22)21-12-8-18(14-19,9-13-21)20-17(2,3)4/h15,20H,5-13H2,1-4H3. The van der Waals surface area contributed by atoms with Gasteiger partial charge in [-0.3, -0.25) is 5.32 Å². The van der Waals surface area contributed by atoms with E-state index < -0.39 is 5.54 Å². The fourth-order valence-corrected chi connectivity index (χ4v) is 3.88. The molecule has 1 N–H and O–H groups in total. The van der Waals surface area contributed by atoms with E-state index in [-0.39, 0.29) is 11.6 Å². The number of piperidine rings is 2. The third-order valence-electron chi connectivity index (χ3n) is 4.99. The highest BCUT2D eigenvalue weighted by molar-refractivity contribution is 5.67. The second-order valence-electron chi connectivity index (χ2n) is 8.02. The molecule has 0 aliphatic carbocycles. The molecular formula is C18H32N4O2. The van der Waals surface area contributed by atoms with E-state index in [1.54, 1.807) is 0 Å². The van der Waals surface area contributed by atoms with Gasteiger partial charge in [-0.25, -0.2) is 4.79 Å². The monoisotopic (exact) mass is 336 g/mol. The summed E-state index contributed by atoms with van der Waals surface area (Å²) >= 11 is 0. The quantitative estimate of drug-likeness (QED) is 0.857. The first-order valence-corrected chi connectivity index (χ1v) is 9.15. The molecule has 136 valence electrons. The van der Waals surface area contributed by atoms with E-state index in [1.165, 1.54) is 0 Å². The lowest BCUT2D eigenvalue weighted by Gasteiger charge is -2.45. The summed E-state index contributed by atoms with van der Waals surface area (Å²) in [7, 11) is 0. The van der Waals surface area contributed by atoms with Gasteiger partial charge in [-0.15, -0.1) is 0 Å². The molecule has 0 aromatic rings. The van der Waals surface area contributed by atoms with Gasteiger partial charge in [-0.05, 0) is 53.4 Å². The summed E-state index contributed by atoms with van der Waals surface area (Å²) in [5.41, 5.74) is -0.455. The Morgan fingerprint density at radius 2 is 1.83 bits per heavy atom. The number of rotatable bonds is 3. The third-order valence-corrected chi connectivity index (χ3v) is 4.99. The largest absolute Gasteiger partial charge is 0.450 e. The second-order valence-corrected chi connectivity index (χ2v) is 8.02. The minimum Gasteiger partial charge on any atom is -0.450 e. The number of nitrogens with zero attached hydrogens (tertiary/aromatic N) is 3. The molecule has 6 nitrogen and oxygen atoms in total. The molecule has 6 heteroatoms. The summed E-state index contributed by atoms with van der Waals surface area (Å²) in [5.74, 6) is 0. The SMILES string of the molecule is CCOC(=O)N1CCC(N2CCC(C#N)(NC(C)(C)C)CC2)CC1. The van der Waals surface area contributed by atoms with E-state index in [0.29, 0.717) is 12.6 Å². The predicted molar refractivity (Wildman–Crippen MR) is 93.7 cm³/mol. The highest BCUT2D eigenvalue weighted by atomic mass is 16.6. The van der Waals surface area contributed by atoms with Gasteiger partial charge in [0.05, 0.1) is 12.7 Å². The maximum atomic E-state index is 11.8. The fraction of sp³-hybridized carbons (Fsp3) is 0.889. The summed E-state index contributed by atoms with van der Waals surface area (Å²) in [6, 6.07) is 3.04. The number of amides is 1. The molecule has 24 heavy (non-hydrogen) atoms. The molecule has 0 radical (unpaired) electrons. The summed E-state index contributed by atoms with van der Waals surface area (Å²) in [6.07, 6.45) is 3.51. The number of hydrogen-bond acceptors (Lipinski definition) is 5. The van der Waals surface area contributed by atoms with E-state index in [2.05, 4.69) is 37.1 Å². The molecule has 2 fully saturated rings. The number of carbonyl (C=O) groups excluding carboxylic acids is 1. The smallest absolute Gasteiger partial charge is 0.409 e. The number of likely N-dealkylation sites (tertiary alicyclic amines) is 2. The molecule has 0 aromatic carbocycles. The second kappa shape index (κ2) is 7.71. The summed E-state index contributed by atoms with van der Waals surface area (Å²) in [4.78, 5) is 16.1. The van der Waals surface area contributed by atoms with Gasteiger partial charge in [0.15, 0.2) is 0 Å². The topological polar surface area (TPSA) is 68.6 Å². The minimum atomic E-state index is -0.402. The molecule has 2 rings (SSSR count). The van der Waals surface area contributed by atoms with Crippen molar-refractivity contribution in [1.29, 1.82) is 5.26 Å². The Labute approximate surface area is 146 Å². The van der Waals surface area contributed by atoms with Crippen LogP contribution < -0.4 is 5.32 Å². The molecule has 2 aliphatic rings. The Morgan fingerprint density at radius 3 is 2.29 bits per heavy atom. The van der Waals surface area contributed by atoms with E-state index in [9.17, 15) is 10.1 Å². The first-order chi connectivity index (χ1) is 11.3. The van der Waals surface area contributed by atoms with Crippen molar-refractivity contribution in [2.24, 2.45) is 0 Å². The van der Waals surface area contributed by atoms with Crippen LogP contribution in [0.25, 0.3) is 0 Å². The van der Waals surface area contributed by atoms with Gasteiger partial charge in [0, 0.05) is 37.8 Å². The van der Waals surface area contributed by atoms with Gasteiger partial charge >= 0.3 is 6.09 Å². The Hall–Kier alpha value is -1.32. The lowest BCUT2D eigenvalue weighted by molar-refractivity contribution is 0.0556. The predicted octanol–water partition coefficient (Wildman–Crippen LogP) is 2.35. The van der Waals surface area contributed by atoms with Crippen LogP contribution in [0.3, 0.4) is 0 Å². The molecule has 2 heterocycles. The van der Waals surface area contributed by atoms with Crippen molar-refractivity contribution < 1.29 is 9.53 Å². The molecule has 0 spiro atoms. The number of nitriles is 1. The van der Waals surface area contributed by atoms with Crippen molar-refractivity contribution in [2.75, 3.05) is 32.8 Å². The van der Waals surface area contributed by atoms with Crippen LogP contribution in [0.2, 0.25) is 0 Å². The lowest BCUT2D eigenvalue weighted by atomic mass is 9.85. The molecule has 1 amide bonds. The molecule has 0 saturated carbocycles. The Bertz CT molecular complexity index is 464. The number of carbonyl (C=O) groups is 1. The molecular weight excluding hydrogens is 304 g/mol. The fourth-order valence-electron chi connectivity index (χ4n) is 3.88. The van der Waals surface area contributed by atoms with Gasteiger partial charge in [-0.1, -0.05) is 0 Å². The van der Waals surface area contributed by atoms with Crippen LogP contribution in [0.15, 0.2) is 0 Å². The van der Waals surface area contributed by atoms with E-state index in [4.69, 9.17) is 4.74 Å². The summed E-state index contributed by atoms with van der Waals surface area (Å²) in [6.45, 7) is 12.0. The third kappa shape index (κ3) is 4.84. The maximum absolute atomic E-state index is 11.8. The zero-order chi connectivity index (χ0) is 17.8. The van der Waals surface area contributed by atoms with Crippen LogP contribution in [0.5, 0.6) is 0 Å². The number of ether oxygens (including phenoxy) is 1. The first kappa shape index (κ1) is 19.0. The highest BCUT2D eigenvalue weighted by Crippen LogP contribution is 2.28. The van der Waals surface area contributed by atoms with Gasteiger partial charge in [-0.2, -0.15) is 5.26 Å². The first-order valence-electron chi connectivity index (χ1n) is 9.15. The van der Waals surface area contributed by atoms with Crippen molar-refractivity contribution in [1.82, 2.24) is 15.1 Å². The van der Waals surface area contributed by atoms with Crippen LogP contribution >= 0.6 is 0 Å². The van der Waals surface area contributed by atoms with E-state index in [0.717, 1.165) is 51.9 Å². The van der Waals surface area contributed by atoms with Crippen LogP contribution in [0, 0.1) is 11.3 Å². The molecule has 0 aromatic heterocycles. The van der Waals surface area contributed by atoms with Crippen molar-refractivity contribution in [3.8, 4) is 6.07 Å². The van der Waals surface area contributed by atoms with E-state index in [1.807, 2.05) is 11.8 Å². The molecule has 0 atom stereocenters. The molecule has 2 aliphatic heterocycles. The molecule has 0 bridgehead atoms. The van der Waals surface area contributed by atoms with E-state index >= 15 is 0 Å². The normalized spacial score (nSPS) is 22.9. The maximum Gasteiger partial charge on any atom is 0.409 e. The van der Waals surface area contributed by atoms with Gasteiger partial charge in [0.1, 0.15) is 5.54 Å². The molecule has 0 unspecified atom stereocenters.